The number of halogens is 3. The summed E-state index contributed by atoms with van der Waals surface area (Å²) in [6.45, 7) is 1.02. The van der Waals surface area contributed by atoms with Crippen molar-refractivity contribution in [1.29, 1.82) is 0 Å². The maximum Gasteiger partial charge on any atom is 0.406 e. The fourth-order valence-electron chi connectivity index (χ4n) is 4.15. The number of anilines is 1. The third-order valence-corrected chi connectivity index (χ3v) is 8.33. The Labute approximate surface area is 243 Å². The van der Waals surface area contributed by atoms with Crippen molar-refractivity contribution in [2.75, 3.05) is 24.6 Å². The summed E-state index contributed by atoms with van der Waals surface area (Å²) in [6.07, 6.45) is -3.40. The summed E-state index contributed by atoms with van der Waals surface area (Å²) in [5, 5.41) is 16.7. The fraction of sp³-hybridized carbons (Fsp3) is 0.435. The second kappa shape index (κ2) is 11.3. The lowest BCUT2D eigenvalue weighted by molar-refractivity contribution is -0.156. The molecule has 4 heterocycles. The summed E-state index contributed by atoms with van der Waals surface area (Å²) in [7, 11) is 0. The van der Waals surface area contributed by atoms with Gasteiger partial charge in [-0.25, -0.2) is 9.78 Å². The van der Waals surface area contributed by atoms with Crippen molar-refractivity contribution in [1.82, 2.24) is 20.1 Å². The highest BCUT2D eigenvalue weighted by Gasteiger charge is 2.54. The van der Waals surface area contributed by atoms with E-state index in [0.717, 1.165) is 28.0 Å². The maximum absolute atomic E-state index is 13.2. The van der Waals surface area contributed by atoms with E-state index in [1.165, 1.54) is 25.3 Å². The fourth-order valence-corrected chi connectivity index (χ4v) is 6.00. The number of aliphatic carboxylic acids is 1. The molecule has 19 heteroatoms. The zero-order valence-corrected chi connectivity index (χ0v) is 23.6. The van der Waals surface area contributed by atoms with Crippen LogP contribution in [0.15, 0.2) is 33.5 Å². The lowest BCUT2D eigenvalue weighted by Crippen LogP contribution is -2.71. The minimum absolute atomic E-state index is 0.00727. The summed E-state index contributed by atoms with van der Waals surface area (Å²) in [6, 6.07) is -1.20. The number of β-lactam (4-membered cyclic amide) rings is 1. The molecule has 1 aromatic heterocycles. The highest BCUT2D eigenvalue weighted by atomic mass is 32.2. The molecule has 4 amide bonds. The Hall–Kier alpha value is -4.13. The monoisotopic (exact) mass is 631 g/mol. The number of fused-ring (bicyclic) bond motifs is 1. The Morgan fingerprint density at radius 2 is 2.00 bits per heavy atom. The van der Waals surface area contributed by atoms with E-state index >= 15 is 0 Å². The number of oxime groups is 1. The molecule has 0 unspecified atom stereocenters. The molecule has 0 aromatic carbocycles. The van der Waals surface area contributed by atoms with Crippen molar-refractivity contribution >= 4 is 63.5 Å². The van der Waals surface area contributed by atoms with Gasteiger partial charge in [0.25, 0.3) is 17.7 Å². The Morgan fingerprint density at radius 3 is 2.57 bits per heavy atom. The van der Waals surface area contributed by atoms with Crippen molar-refractivity contribution in [3.8, 4) is 0 Å². The number of thiazole rings is 1. The van der Waals surface area contributed by atoms with Crippen molar-refractivity contribution in [2.45, 2.75) is 43.5 Å². The van der Waals surface area contributed by atoms with Gasteiger partial charge in [-0.1, -0.05) is 5.16 Å². The first kappa shape index (κ1) is 30.8. The molecule has 42 heavy (non-hydrogen) atoms. The first-order valence-corrected chi connectivity index (χ1v) is 14.0. The van der Waals surface area contributed by atoms with Gasteiger partial charge < -0.3 is 31.6 Å². The van der Waals surface area contributed by atoms with Crippen LogP contribution in [0.25, 0.3) is 0 Å². The Morgan fingerprint density at radius 1 is 1.31 bits per heavy atom. The van der Waals surface area contributed by atoms with E-state index in [2.05, 4.69) is 15.5 Å². The molecule has 2 atom stereocenters. The molecule has 2 saturated heterocycles. The number of hydrogen-bond donors (Lipinski definition) is 4. The molecule has 14 nitrogen and oxygen atoms in total. The number of nitrogens with zero attached hydrogens (tertiary/aromatic N) is 4. The van der Waals surface area contributed by atoms with Crippen LogP contribution >= 0.6 is 23.1 Å². The zero-order valence-electron chi connectivity index (χ0n) is 21.9. The van der Waals surface area contributed by atoms with Crippen LogP contribution < -0.4 is 16.8 Å². The van der Waals surface area contributed by atoms with Gasteiger partial charge in [0.2, 0.25) is 11.5 Å². The third-order valence-electron chi connectivity index (χ3n) is 6.36. The number of likely N-dealkylation sites (tertiary alicyclic amines) is 1. The molecule has 0 radical (unpaired) electrons. The molecule has 0 aliphatic carbocycles. The van der Waals surface area contributed by atoms with E-state index < -0.39 is 70.7 Å². The Bertz CT molecular complexity index is 1450. The van der Waals surface area contributed by atoms with E-state index in [4.69, 9.17) is 16.3 Å². The second-order valence-corrected chi connectivity index (χ2v) is 11.8. The summed E-state index contributed by atoms with van der Waals surface area (Å²) in [5.74, 6) is -4.98. The number of carbonyl (C=O) groups is 5. The van der Waals surface area contributed by atoms with Gasteiger partial charge in [0.1, 0.15) is 29.4 Å². The highest BCUT2D eigenvalue weighted by molar-refractivity contribution is 8.00. The van der Waals surface area contributed by atoms with Gasteiger partial charge in [0, 0.05) is 23.3 Å². The van der Waals surface area contributed by atoms with Crippen LogP contribution in [0, 0.1) is 0 Å². The molecule has 3 aliphatic rings. The van der Waals surface area contributed by atoms with Crippen molar-refractivity contribution < 1.29 is 47.1 Å². The first-order chi connectivity index (χ1) is 19.5. The number of nitrogens with two attached hydrogens (primary N) is 2. The van der Waals surface area contributed by atoms with Crippen LogP contribution in [0.1, 0.15) is 26.0 Å². The van der Waals surface area contributed by atoms with Gasteiger partial charge in [-0.3, -0.25) is 24.1 Å². The van der Waals surface area contributed by atoms with E-state index in [0.29, 0.717) is 4.90 Å². The second-order valence-electron chi connectivity index (χ2n) is 9.78. The van der Waals surface area contributed by atoms with Gasteiger partial charge in [0.05, 0.1) is 0 Å². The van der Waals surface area contributed by atoms with Crippen LogP contribution in [0.5, 0.6) is 0 Å². The lowest BCUT2D eigenvalue weighted by Gasteiger charge is -2.49. The van der Waals surface area contributed by atoms with E-state index in [-0.39, 0.29) is 40.7 Å². The SMILES string of the molecule is CC(C)(O/N=C(\C(=O)N[C@@H]1C(=O)N2C(C(=O)O)=C(/C=C3\CCN(CC(F)(F)F)C3=O)CS[C@H]12)c1csc(N)n1)C(N)=O. The van der Waals surface area contributed by atoms with Crippen LogP contribution in [0.2, 0.25) is 0 Å². The predicted molar refractivity (Wildman–Crippen MR) is 142 cm³/mol. The number of nitrogens with one attached hydrogen (secondary N) is 1. The summed E-state index contributed by atoms with van der Waals surface area (Å²) in [5.41, 5.74) is 8.50. The number of carboxylic acids is 1. The highest BCUT2D eigenvalue weighted by Crippen LogP contribution is 2.41. The van der Waals surface area contributed by atoms with Crippen molar-refractivity contribution in [3.05, 3.63) is 34.0 Å². The molecule has 0 spiro atoms. The van der Waals surface area contributed by atoms with E-state index in [1.54, 1.807) is 0 Å². The number of carboxylic acid groups (broad SMARTS) is 1. The topological polar surface area (TPSA) is 211 Å². The minimum atomic E-state index is -4.59. The minimum Gasteiger partial charge on any atom is -0.477 e. The lowest BCUT2D eigenvalue weighted by atomic mass is 10.0. The number of amides is 4. The number of hydrogen-bond acceptors (Lipinski definition) is 11. The molecule has 0 bridgehead atoms. The number of nitrogen functional groups attached to an aromatic ring is 1. The standard InChI is InChI=1S/C23H24F3N7O7S2/c1-22(2,20(27)39)40-31-12(11-7-42-21(28)29-11)15(34)30-13-17(36)33-14(19(37)38)10(6-41-18(13)33)5-9-3-4-32(16(9)35)8-23(24,25)26/h5,7,13,18H,3-4,6,8H2,1-2H3,(H2,27,39)(H2,28,29)(H,30,34)(H,37,38)/b9-5+,31-12-/t13-,18-/m1/s1. The summed E-state index contributed by atoms with van der Waals surface area (Å²) >= 11 is 2.06. The molecule has 3 aliphatic heterocycles. The molecule has 226 valence electrons. The van der Waals surface area contributed by atoms with E-state index in [9.17, 15) is 42.3 Å². The van der Waals surface area contributed by atoms with Gasteiger partial charge in [0.15, 0.2) is 10.8 Å². The molecule has 1 aromatic rings. The molecular weight excluding hydrogens is 607 g/mol. The van der Waals surface area contributed by atoms with Gasteiger partial charge >= 0.3 is 12.1 Å². The molecule has 4 rings (SSSR count). The molecule has 2 fully saturated rings. The van der Waals surface area contributed by atoms with Gasteiger partial charge in [-0.2, -0.15) is 13.2 Å². The average Bonchev–Trinajstić information content (AvgIpc) is 3.46. The number of thioether (sulfide) groups is 1. The summed E-state index contributed by atoms with van der Waals surface area (Å²) < 4.78 is 38.3. The maximum atomic E-state index is 13.2. The van der Waals surface area contributed by atoms with Gasteiger partial charge in [-0.15, -0.1) is 23.1 Å². The van der Waals surface area contributed by atoms with Crippen LogP contribution in [-0.4, -0.2) is 97.2 Å². The summed E-state index contributed by atoms with van der Waals surface area (Å²) in [4.78, 5) is 73.2. The number of allylic oxidation sites excluding steroid dienone is 1. The smallest absolute Gasteiger partial charge is 0.406 e. The number of primary amides is 1. The predicted octanol–water partition coefficient (Wildman–Crippen LogP) is 0.170. The van der Waals surface area contributed by atoms with E-state index in [1.807, 2.05) is 0 Å². The van der Waals surface area contributed by atoms with Crippen molar-refractivity contribution in [3.63, 3.8) is 0 Å². The van der Waals surface area contributed by atoms with Crippen LogP contribution in [0.3, 0.4) is 0 Å². The Kier molecular flexibility index (Phi) is 8.27. The largest absolute Gasteiger partial charge is 0.477 e. The third kappa shape index (κ3) is 6.20. The van der Waals surface area contributed by atoms with Crippen molar-refractivity contribution in [2.24, 2.45) is 10.9 Å². The number of carbonyl (C=O) groups excluding carboxylic acids is 4. The molecular formula is C23H24F3N7O7S2. The van der Waals surface area contributed by atoms with Crippen LogP contribution in [0.4, 0.5) is 18.3 Å². The molecule has 0 saturated carbocycles. The number of alkyl halides is 3. The quantitative estimate of drug-likeness (QED) is 0.126. The zero-order chi connectivity index (χ0) is 31.1. The average molecular weight is 632 g/mol. The normalized spacial score (nSPS) is 22.3. The number of rotatable bonds is 9. The first-order valence-electron chi connectivity index (χ1n) is 12.1. The Balaban J connectivity index is 1.55. The molecule has 6 N–H and O–H groups in total. The number of aromatic nitrogens is 1. The van der Waals surface area contributed by atoms with Crippen LogP contribution in [-0.2, 0) is 28.8 Å². The van der Waals surface area contributed by atoms with Gasteiger partial charge in [-0.05, 0) is 31.9 Å².